The highest BCUT2D eigenvalue weighted by atomic mass is 16.5. The molecule has 0 saturated carbocycles. The van der Waals surface area contributed by atoms with Crippen LogP contribution >= 0.6 is 0 Å². The van der Waals surface area contributed by atoms with E-state index in [0.717, 1.165) is 37.4 Å². The van der Waals surface area contributed by atoms with Crippen molar-refractivity contribution in [2.75, 3.05) is 6.61 Å². The van der Waals surface area contributed by atoms with Crippen LogP contribution in [-0.2, 0) is 6.42 Å². The van der Waals surface area contributed by atoms with Crippen LogP contribution in [0.4, 0.5) is 0 Å². The Bertz CT molecular complexity index is 573. The summed E-state index contributed by atoms with van der Waals surface area (Å²) in [6, 6.07) is 0. The van der Waals surface area contributed by atoms with Gasteiger partial charge in [0.1, 0.15) is 17.1 Å². The summed E-state index contributed by atoms with van der Waals surface area (Å²) in [4.78, 5) is 0. The highest BCUT2D eigenvalue weighted by Crippen LogP contribution is 2.43. The van der Waals surface area contributed by atoms with E-state index in [4.69, 9.17) is 9.47 Å². The topological polar surface area (TPSA) is 18.5 Å². The van der Waals surface area contributed by atoms with E-state index < -0.39 is 0 Å². The maximum atomic E-state index is 6.30. The molecule has 2 heteroatoms. The van der Waals surface area contributed by atoms with E-state index in [1.54, 1.807) is 0 Å². The van der Waals surface area contributed by atoms with Crippen molar-refractivity contribution < 1.29 is 9.47 Å². The fraction of sp³-hybridized carbons (Fsp3) is 0.778. The second-order valence-corrected chi connectivity index (χ2v) is 8.34. The summed E-state index contributed by atoms with van der Waals surface area (Å²) in [7, 11) is 0. The van der Waals surface area contributed by atoms with Crippen molar-refractivity contribution in [3.05, 3.63) is 22.3 Å². The molecule has 1 aliphatic rings. The second kappa shape index (κ2) is 14.7. The van der Waals surface area contributed by atoms with Crippen LogP contribution in [-0.4, -0.2) is 12.2 Å². The number of unbranched alkanes of at least 4 members (excludes halogenated alkanes) is 6. The van der Waals surface area contributed by atoms with E-state index in [-0.39, 0.29) is 5.60 Å². The van der Waals surface area contributed by atoms with Crippen LogP contribution in [0.2, 0.25) is 0 Å². The first-order valence-electron chi connectivity index (χ1n) is 12.3. The molecule has 1 aromatic carbocycles. The number of benzene rings is 1. The van der Waals surface area contributed by atoms with Crippen LogP contribution in [0.15, 0.2) is 0 Å². The lowest BCUT2D eigenvalue weighted by atomic mass is 9.88. The van der Waals surface area contributed by atoms with Crippen LogP contribution < -0.4 is 9.47 Å². The van der Waals surface area contributed by atoms with Crippen molar-refractivity contribution in [2.24, 2.45) is 0 Å². The Morgan fingerprint density at radius 3 is 1.93 bits per heavy atom. The Morgan fingerprint density at radius 2 is 1.34 bits per heavy atom. The van der Waals surface area contributed by atoms with Gasteiger partial charge < -0.3 is 9.47 Å². The highest BCUT2D eigenvalue weighted by molar-refractivity contribution is 5.58. The molecule has 0 spiro atoms. The highest BCUT2D eigenvalue weighted by Gasteiger charge is 2.31. The van der Waals surface area contributed by atoms with Gasteiger partial charge in [-0.25, -0.2) is 0 Å². The van der Waals surface area contributed by atoms with Crippen molar-refractivity contribution in [2.45, 2.75) is 133 Å². The molecule has 0 bridgehead atoms. The third-order valence-corrected chi connectivity index (χ3v) is 5.66. The van der Waals surface area contributed by atoms with Gasteiger partial charge in [-0.2, -0.15) is 0 Å². The molecule has 0 radical (unpaired) electrons. The first kappa shape index (κ1) is 27.8. The first-order valence-corrected chi connectivity index (χ1v) is 12.3. The van der Waals surface area contributed by atoms with Crippen LogP contribution in [0, 0.1) is 20.8 Å². The third kappa shape index (κ3) is 8.60. The number of hydrogen-bond donors (Lipinski definition) is 0. The SMILES string of the molecule is CC.CC.CCCCCCCCCOc1c(C)c(C)c2c(c1C)CCC(C)(C)O2. The molecular weight excluding hydrogens is 356 g/mol. The fourth-order valence-electron chi connectivity index (χ4n) is 3.80. The zero-order valence-electron chi connectivity index (χ0n) is 21.4. The summed E-state index contributed by atoms with van der Waals surface area (Å²) in [6.07, 6.45) is 11.4. The van der Waals surface area contributed by atoms with E-state index in [0.29, 0.717) is 0 Å². The Kier molecular flexibility index (Phi) is 14.1. The van der Waals surface area contributed by atoms with E-state index in [2.05, 4.69) is 41.5 Å². The zero-order valence-corrected chi connectivity index (χ0v) is 21.4. The molecule has 0 fully saturated rings. The quantitative estimate of drug-likeness (QED) is 0.381. The van der Waals surface area contributed by atoms with E-state index in [1.165, 1.54) is 60.8 Å². The molecule has 1 heterocycles. The normalized spacial score (nSPS) is 13.9. The molecule has 1 aromatic rings. The van der Waals surface area contributed by atoms with Gasteiger partial charge in [-0.15, -0.1) is 0 Å². The predicted molar refractivity (Wildman–Crippen MR) is 130 cm³/mol. The maximum Gasteiger partial charge on any atom is 0.127 e. The minimum absolute atomic E-state index is 0.0587. The van der Waals surface area contributed by atoms with Crippen molar-refractivity contribution in [3.63, 3.8) is 0 Å². The molecular formula is C27H50O2. The van der Waals surface area contributed by atoms with Crippen LogP contribution in [0.3, 0.4) is 0 Å². The smallest absolute Gasteiger partial charge is 0.127 e. The van der Waals surface area contributed by atoms with Gasteiger partial charge in [0.15, 0.2) is 0 Å². The van der Waals surface area contributed by atoms with Crippen LogP contribution in [0.1, 0.15) is 122 Å². The lowest BCUT2D eigenvalue weighted by molar-refractivity contribution is 0.0830. The van der Waals surface area contributed by atoms with E-state index in [9.17, 15) is 0 Å². The molecule has 0 atom stereocenters. The van der Waals surface area contributed by atoms with Crippen molar-refractivity contribution in [3.8, 4) is 11.5 Å². The van der Waals surface area contributed by atoms with Gasteiger partial charge in [0, 0.05) is 5.56 Å². The summed E-state index contributed by atoms with van der Waals surface area (Å²) in [5, 5.41) is 0. The lowest BCUT2D eigenvalue weighted by Crippen LogP contribution is -2.33. The number of ether oxygens (including phenoxy) is 2. The molecule has 0 saturated heterocycles. The van der Waals surface area contributed by atoms with Gasteiger partial charge in [0.05, 0.1) is 6.61 Å². The minimum atomic E-state index is -0.0587. The van der Waals surface area contributed by atoms with Crippen molar-refractivity contribution in [1.82, 2.24) is 0 Å². The van der Waals surface area contributed by atoms with E-state index in [1.807, 2.05) is 27.7 Å². The third-order valence-electron chi connectivity index (χ3n) is 5.66. The molecule has 0 N–H and O–H groups in total. The first-order chi connectivity index (χ1) is 13.9. The van der Waals surface area contributed by atoms with Gasteiger partial charge in [-0.1, -0.05) is 73.1 Å². The number of hydrogen-bond acceptors (Lipinski definition) is 2. The number of rotatable bonds is 9. The largest absolute Gasteiger partial charge is 0.493 e. The Labute approximate surface area is 182 Å². The summed E-state index contributed by atoms with van der Waals surface area (Å²) in [6.45, 7) is 22.0. The monoisotopic (exact) mass is 406 g/mol. The van der Waals surface area contributed by atoms with Crippen LogP contribution in [0.5, 0.6) is 11.5 Å². The molecule has 2 nitrogen and oxygen atoms in total. The fourth-order valence-corrected chi connectivity index (χ4v) is 3.80. The molecule has 29 heavy (non-hydrogen) atoms. The zero-order chi connectivity index (χ0) is 22.4. The molecule has 0 unspecified atom stereocenters. The van der Waals surface area contributed by atoms with Crippen LogP contribution in [0.25, 0.3) is 0 Å². The Balaban J connectivity index is 0.00000184. The maximum absolute atomic E-state index is 6.30. The molecule has 170 valence electrons. The minimum Gasteiger partial charge on any atom is -0.493 e. The summed E-state index contributed by atoms with van der Waals surface area (Å²) < 4.78 is 12.5. The lowest BCUT2D eigenvalue weighted by Gasteiger charge is -2.35. The second-order valence-electron chi connectivity index (χ2n) is 8.34. The molecule has 2 rings (SSSR count). The van der Waals surface area contributed by atoms with Gasteiger partial charge in [-0.05, 0) is 70.6 Å². The molecule has 0 amide bonds. The molecule has 0 aromatic heterocycles. The van der Waals surface area contributed by atoms with Gasteiger partial charge in [0.2, 0.25) is 0 Å². The van der Waals surface area contributed by atoms with Gasteiger partial charge in [0.25, 0.3) is 0 Å². The Morgan fingerprint density at radius 1 is 0.793 bits per heavy atom. The van der Waals surface area contributed by atoms with Crippen molar-refractivity contribution in [1.29, 1.82) is 0 Å². The average Bonchev–Trinajstić information content (AvgIpc) is 2.72. The Hall–Kier alpha value is -1.18. The van der Waals surface area contributed by atoms with Crippen molar-refractivity contribution >= 4 is 0 Å². The molecule has 0 aliphatic carbocycles. The summed E-state index contributed by atoms with van der Waals surface area (Å²) >= 11 is 0. The van der Waals surface area contributed by atoms with Gasteiger partial charge >= 0.3 is 0 Å². The predicted octanol–water partition coefficient (Wildman–Crippen LogP) is 8.90. The molecule has 1 aliphatic heterocycles. The average molecular weight is 407 g/mol. The van der Waals surface area contributed by atoms with E-state index >= 15 is 0 Å². The van der Waals surface area contributed by atoms with Gasteiger partial charge in [-0.3, -0.25) is 0 Å². The standard InChI is InChI=1S/C23H38O2.2C2H6/c1-7-8-9-10-11-12-13-16-24-21-17(2)18(3)22-20(19(21)4)14-15-23(5,6)25-22;2*1-2/h7-16H2,1-6H3;2*1-2H3. The summed E-state index contributed by atoms with van der Waals surface area (Å²) in [5.41, 5.74) is 5.09. The summed E-state index contributed by atoms with van der Waals surface area (Å²) in [5.74, 6) is 2.21. The number of fused-ring (bicyclic) bond motifs is 1.